The third-order valence-electron chi connectivity index (χ3n) is 3.37. The molecule has 0 aromatic carbocycles. The van der Waals surface area contributed by atoms with Crippen molar-refractivity contribution < 1.29 is 41.8 Å². The molecule has 2 atom stereocenters. The van der Waals surface area contributed by atoms with Crippen molar-refractivity contribution in [1.29, 1.82) is 0 Å². The lowest BCUT2D eigenvalue weighted by Gasteiger charge is -2.25. The summed E-state index contributed by atoms with van der Waals surface area (Å²) in [7, 11) is 0. The number of carbonyl (C=O) groups is 3. The standard InChI is InChI=1S/C15H23F3O6/c1-6-14(5,8-23-12(20)9(2)3)13(21)22-7-11(19)24-10(4)15(16,17)18/h9-10H,6-8H2,1-5H3. The molecule has 140 valence electrons. The van der Waals surface area contributed by atoms with Crippen molar-refractivity contribution in [3.63, 3.8) is 0 Å². The van der Waals surface area contributed by atoms with Crippen molar-refractivity contribution in [2.75, 3.05) is 13.2 Å². The predicted octanol–water partition coefficient (Wildman–Crippen LogP) is 2.64. The van der Waals surface area contributed by atoms with E-state index in [2.05, 4.69) is 4.74 Å². The van der Waals surface area contributed by atoms with E-state index in [1.54, 1.807) is 20.8 Å². The summed E-state index contributed by atoms with van der Waals surface area (Å²) in [6, 6.07) is 0. The third kappa shape index (κ3) is 7.18. The van der Waals surface area contributed by atoms with Gasteiger partial charge in [0, 0.05) is 0 Å². The van der Waals surface area contributed by atoms with E-state index in [4.69, 9.17) is 9.47 Å². The van der Waals surface area contributed by atoms with Gasteiger partial charge in [0.15, 0.2) is 12.7 Å². The largest absolute Gasteiger partial charge is 0.464 e. The highest BCUT2D eigenvalue weighted by atomic mass is 19.4. The Bertz CT molecular complexity index is 461. The van der Waals surface area contributed by atoms with E-state index < -0.39 is 42.2 Å². The van der Waals surface area contributed by atoms with E-state index >= 15 is 0 Å². The molecule has 0 saturated heterocycles. The second-order valence-corrected chi connectivity index (χ2v) is 5.93. The molecular formula is C15H23F3O6. The van der Waals surface area contributed by atoms with Gasteiger partial charge in [0.05, 0.1) is 11.3 Å². The summed E-state index contributed by atoms with van der Waals surface area (Å²) in [5, 5.41) is 0. The van der Waals surface area contributed by atoms with Gasteiger partial charge >= 0.3 is 24.1 Å². The van der Waals surface area contributed by atoms with Crippen LogP contribution in [0.4, 0.5) is 13.2 Å². The summed E-state index contributed by atoms with van der Waals surface area (Å²) in [5.74, 6) is -3.05. The molecule has 0 amide bonds. The Morgan fingerprint density at radius 3 is 2.00 bits per heavy atom. The maximum absolute atomic E-state index is 12.3. The van der Waals surface area contributed by atoms with E-state index in [0.717, 1.165) is 0 Å². The van der Waals surface area contributed by atoms with Crippen molar-refractivity contribution in [3.8, 4) is 0 Å². The molecule has 0 heterocycles. The lowest BCUT2D eigenvalue weighted by Crippen LogP contribution is -2.37. The maximum atomic E-state index is 12.3. The van der Waals surface area contributed by atoms with E-state index in [9.17, 15) is 27.6 Å². The molecule has 0 aliphatic carbocycles. The molecule has 9 heteroatoms. The zero-order valence-electron chi connectivity index (χ0n) is 14.4. The Morgan fingerprint density at radius 2 is 1.58 bits per heavy atom. The Hall–Kier alpha value is -1.80. The average Bonchev–Trinajstić information content (AvgIpc) is 2.48. The normalized spacial score (nSPS) is 15.4. The van der Waals surface area contributed by atoms with Gasteiger partial charge in [-0.25, -0.2) is 4.79 Å². The van der Waals surface area contributed by atoms with Crippen molar-refractivity contribution in [1.82, 2.24) is 0 Å². The minimum absolute atomic E-state index is 0.241. The van der Waals surface area contributed by atoms with Crippen molar-refractivity contribution in [2.45, 2.75) is 53.3 Å². The lowest BCUT2D eigenvalue weighted by molar-refractivity contribution is -0.218. The molecule has 0 bridgehead atoms. The summed E-state index contributed by atoms with van der Waals surface area (Å²) < 4.78 is 50.6. The van der Waals surface area contributed by atoms with Crippen LogP contribution in [0.15, 0.2) is 0 Å². The molecule has 0 spiro atoms. The number of alkyl halides is 3. The molecule has 0 aromatic heterocycles. The first-order chi connectivity index (χ1) is 10.8. The number of halogens is 3. The van der Waals surface area contributed by atoms with Crippen LogP contribution in [0.25, 0.3) is 0 Å². The van der Waals surface area contributed by atoms with E-state index in [1.807, 2.05) is 0 Å². The SMILES string of the molecule is CCC(C)(COC(=O)C(C)C)C(=O)OCC(=O)OC(C)C(F)(F)F. The van der Waals surface area contributed by atoms with Crippen molar-refractivity contribution in [3.05, 3.63) is 0 Å². The summed E-state index contributed by atoms with van der Waals surface area (Å²) in [5.41, 5.74) is -1.21. The molecular weight excluding hydrogens is 333 g/mol. The van der Waals surface area contributed by atoms with Crippen LogP contribution in [0, 0.1) is 11.3 Å². The molecule has 0 N–H and O–H groups in total. The van der Waals surface area contributed by atoms with Gasteiger partial charge in [0.1, 0.15) is 6.61 Å². The van der Waals surface area contributed by atoms with Crippen LogP contribution in [0.5, 0.6) is 0 Å². The van der Waals surface area contributed by atoms with E-state index in [0.29, 0.717) is 6.92 Å². The molecule has 0 aromatic rings. The van der Waals surface area contributed by atoms with Gasteiger partial charge in [-0.05, 0) is 20.3 Å². The van der Waals surface area contributed by atoms with Crippen LogP contribution in [-0.4, -0.2) is 43.4 Å². The van der Waals surface area contributed by atoms with Crippen LogP contribution in [0.3, 0.4) is 0 Å². The lowest BCUT2D eigenvalue weighted by atomic mass is 9.89. The molecule has 0 aliphatic rings. The first kappa shape index (κ1) is 22.2. The van der Waals surface area contributed by atoms with Gasteiger partial charge in [0.25, 0.3) is 0 Å². The first-order valence-corrected chi connectivity index (χ1v) is 7.43. The van der Waals surface area contributed by atoms with Crippen LogP contribution >= 0.6 is 0 Å². The monoisotopic (exact) mass is 356 g/mol. The minimum atomic E-state index is -4.69. The van der Waals surface area contributed by atoms with E-state index in [1.165, 1.54) is 6.92 Å². The fraction of sp³-hybridized carbons (Fsp3) is 0.800. The Morgan fingerprint density at radius 1 is 1.04 bits per heavy atom. The second-order valence-electron chi connectivity index (χ2n) is 5.93. The molecule has 6 nitrogen and oxygen atoms in total. The molecule has 0 fully saturated rings. The molecule has 2 unspecified atom stereocenters. The maximum Gasteiger partial charge on any atom is 0.425 e. The van der Waals surface area contributed by atoms with Gasteiger partial charge in [-0.2, -0.15) is 13.2 Å². The number of esters is 3. The Balaban J connectivity index is 4.55. The van der Waals surface area contributed by atoms with Gasteiger partial charge in [-0.1, -0.05) is 20.8 Å². The highest BCUT2D eigenvalue weighted by molar-refractivity contribution is 5.80. The minimum Gasteiger partial charge on any atom is -0.464 e. The molecule has 24 heavy (non-hydrogen) atoms. The number of ether oxygens (including phenoxy) is 3. The van der Waals surface area contributed by atoms with Crippen LogP contribution < -0.4 is 0 Å². The fourth-order valence-corrected chi connectivity index (χ4v) is 1.30. The van der Waals surface area contributed by atoms with Gasteiger partial charge in [-0.15, -0.1) is 0 Å². The van der Waals surface area contributed by atoms with Crippen LogP contribution in [-0.2, 0) is 28.6 Å². The Labute approximate surface area is 138 Å². The number of hydrogen-bond donors (Lipinski definition) is 0. The van der Waals surface area contributed by atoms with Crippen LogP contribution in [0.1, 0.15) is 41.0 Å². The summed E-state index contributed by atoms with van der Waals surface area (Å²) in [4.78, 5) is 34.8. The summed E-state index contributed by atoms with van der Waals surface area (Å²) in [6.07, 6.45) is -6.75. The molecule has 0 rings (SSSR count). The molecule has 0 saturated carbocycles. The number of rotatable bonds is 8. The van der Waals surface area contributed by atoms with E-state index in [-0.39, 0.29) is 18.9 Å². The van der Waals surface area contributed by atoms with Crippen molar-refractivity contribution in [2.24, 2.45) is 11.3 Å². The van der Waals surface area contributed by atoms with Gasteiger partial charge < -0.3 is 14.2 Å². The number of hydrogen-bond acceptors (Lipinski definition) is 6. The average molecular weight is 356 g/mol. The van der Waals surface area contributed by atoms with Crippen molar-refractivity contribution >= 4 is 17.9 Å². The Kier molecular flexibility index (Phi) is 8.22. The quantitative estimate of drug-likeness (QED) is 0.491. The summed E-state index contributed by atoms with van der Waals surface area (Å²) >= 11 is 0. The number of carbonyl (C=O) groups excluding carboxylic acids is 3. The zero-order valence-corrected chi connectivity index (χ0v) is 14.4. The van der Waals surface area contributed by atoms with Gasteiger partial charge in [0.2, 0.25) is 0 Å². The van der Waals surface area contributed by atoms with Gasteiger partial charge in [-0.3, -0.25) is 9.59 Å². The topological polar surface area (TPSA) is 78.9 Å². The smallest absolute Gasteiger partial charge is 0.425 e. The second kappa shape index (κ2) is 8.89. The first-order valence-electron chi connectivity index (χ1n) is 7.43. The highest BCUT2D eigenvalue weighted by Crippen LogP contribution is 2.25. The predicted molar refractivity (Wildman–Crippen MR) is 76.8 cm³/mol. The third-order valence-corrected chi connectivity index (χ3v) is 3.37. The summed E-state index contributed by atoms with van der Waals surface area (Å²) in [6.45, 7) is 5.83. The molecule has 0 aliphatic heterocycles. The fourth-order valence-electron chi connectivity index (χ4n) is 1.30. The van der Waals surface area contributed by atoms with Crippen LogP contribution in [0.2, 0.25) is 0 Å². The zero-order chi connectivity index (χ0) is 19.1. The molecule has 0 radical (unpaired) electrons. The highest BCUT2D eigenvalue weighted by Gasteiger charge is 2.40.